The molecule has 5 nitrogen and oxygen atoms in total. The summed E-state index contributed by atoms with van der Waals surface area (Å²) in [5, 5.41) is 9.13. The quantitative estimate of drug-likeness (QED) is 0.0665. The molecule has 1 unspecified atom stereocenters. The molecule has 0 aliphatic carbocycles. The summed E-state index contributed by atoms with van der Waals surface area (Å²) >= 11 is 0. The van der Waals surface area contributed by atoms with E-state index in [4.69, 9.17) is 14.6 Å². The van der Waals surface area contributed by atoms with Gasteiger partial charge >= 0.3 is 0 Å². The van der Waals surface area contributed by atoms with Crippen LogP contribution in [-0.2, 0) is 14.3 Å². The molecular weight excluding hydrogens is 474 g/mol. The zero-order valence-corrected chi connectivity index (χ0v) is 25.8. The Labute approximate surface area is 237 Å². The van der Waals surface area contributed by atoms with Gasteiger partial charge in [0.1, 0.15) is 0 Å². The minimum absolute atomic E-state index is 0.295. The van der Waals surface area contributed by atoms with Crippen LogP contribution in [0.15, 0.2) is 0 Å². The lowest BCUT2D eigenvalue weighted by molar-refractivity contribution is -0.128. The summed E-state index contributed by atoms with van der Waals surface area (Å²) in [5.41, 5.74) is 0. The first-order valence-corrected chi connectivity index (χ1v) is 16.7. The number of aliphatic hydroxyl groups is 1. The Bertz CT molecular complexity index is 449. The Morgan fingerprint density at radius 3 is 1.66 bits per heavy atom. The van der Waals surface area contributed by atoms with E-state index in [0.717, 1.165) is 57.9 Å². The molecule has 0 saturated heterocycles. The molecule has 1 atom stereocenters. The third-order valence-corrected chi connectivity index (χ3v) is 7.74. The van der Waals surface area contributed by atoms with E-state index in [-0.39, 0.29) is 0 Å². The van der Waals surface area contributed by atoms with Crippen molar-refractivity contribution in [3.63, 3.8) is 0 Å². The predicted octanol–water partition coefficient (Wildman–Crippen LogP) is 8.71. The molecule has 0 aliphatic heterocycles. The first kappa shape index (κ1) is 37.4. The number of aliphatic hydroxyl groups excluding tert-OH is 1. The Hall–Kier alpha value is -0.650. The van der Waals surface area contributed by atoms with Gasteiger partial charge in [-0.3, -0.25) is 4.79 Å². The number of nitrogens with zero attached hydrogens (tertiary/aromatic N) is 1. The van der Waals surface area contributed by atoms with Crippen molar-refractivity contribution in [2.45, 2.75) is 155 Å². The monoisotopic (exact) mass is 542 g/mol. The van der Waals surface area contributed by atoms with Gasteiger partial charge in [0.05, 0.1) is 6.61 Å². The highest BCUT2D eigenvalue weighted by Gasteiger charge is 2.09. The summed E-state index contributed by atoms with van der Waals surface area (Å²) in [4.78, 5) is 12.8. The largest absolute Gasteiger partial charge is 0.468 e. The summed E-state index contributed by atoms with van der Waals surface area (Å²) in [7, 11) is 0. The number of carbonyl (C=O) groups is 1. The normalized spacial score (nSPS) is 12.3. The Morgan fingerprint density at radius 1 is 0.605 bits per heavy atom. The lowest BCUT2D eigenvalue weighted by Gasteiger charge is -2.22. The molecule has 0 heterocycles. The van der Waals surface area contributed by atoms with Gasteiger partial charge in [-0.15, -0.1) is 0 Å². The molecule has 38 heavy (non-hydrogen) atoms. The van der Waals surface area contributed by atoms with E-state index in [1.807, 2.05) is 0 Å². The molecule has 0 rings (SSSR count). The van der Waals surface area contributed by atoms with E-state index in [1.165, 1.54) is 122 Å². The van der Waals surface area contributed by atoms with Gasteiger partial charge in [0.15, 0.2) is 0 Å². The molecule has 228 valence electrons. The smallest absolute Gasteiger partial charge is 0.293 e. The molecule has 5 heteroatoms. The van der Waals surface area contributed by atoms with Crippen LogP contribution in [0.3, 0.4) is 0 Å². The molecule has 0 aromatic rings. The third-order valence-electron chi connectivity index (χ3n) is 7.74. The average Bonchev–Trinajstić information content (AvgIpc) is 2.93. The maximum atomic E-state index is 10.2. The first-order valence-electron chi connectivity index (χ1n) is 16.7. The lowest BCUT2D eigenvalue weighted by Crippen LogP contribution is -2.27. The maximum absolute atomic E-state index is 10.2. The van der Waals surface area contributed by atoms with Crippen molar-refractivity contribution < 1.29 is 19.4 Å². The second-order valence-electron chi connectivity index (χ2n) is 11.4. The predicted molar refractivity (Wildman–Crippen MR) is 163 cm³/mol. The standard InChI is InChI=1S/C33H67NO4/c1-3-5-7-9-10-16-24-33(23-15-8-6-4-2)31-37-29-21-13-11-17-25-34(27-19-20-28-35)26-18-12-14-22-30-38-32-36/h32-33,35H,3-31H2,1-2H3. The molecule has 0 aromatic heterocycles. The van der Waals surface area contributed by atoms with Gasteiger partial charge in [-0.25, -0.2) is 0 Å². The van der Waals surface area contributed by atoms with Crippen LogP contribution in [0.25, 0.3) is 0 Å². The van der Waals surface area contributed by atoms with Crippen molar-refractivity contribution in [2.24, 2.45) is 5.92 Å². The van der Waals surface area contributed by atoms with Crippen LogP contribution in [-0.4, -0.2) is 62.5 Å². The number of hydrogen-bond acceptors (Lipinski definition) is 5. The van der Waals surface area contributed by atoms with Crippen molar-refractivity contribution in [1.82, 2.24) is 4.90 Å². The van der Waals surface area contributed by atoms with E-state index in [9.17, 15) is 4.79 Å². The van der Waals surface area contributed by atoms with E-state index in [0.29, 0.717) is 19.7 Å². The summed E-state index contributed by atoms with van der Waals surface area (Å²) < 4.78 is 10.9. The van der Waals surface area contributed by atoms with Crippen LogP contribution < -0.4 is 0 Å². The van der Waals surface area contributed by atoms with Crippen LogP contribution in [0.2, 0.25) is 0 Å². The van der Waals surface area contributed by atoms with E-state index in [1.54, 1.807) is 0 Å². The highest BCUT2D eigenvalue weighted by molar-refractivity contribution is 5.36. The fraction of sp³-hybridized carbons (Fsp3) is 0.970. The molecule has 0 radical (unpaired) electrons. The van der Waals surface area contributed by atoms with Crippen molar-refractivity contribution in [3.8, 4) is 0 Å². The molecule has 0 spiro atoms. The minimum atomic E-state index is 0.295. The van der Waals surface area contributed by atoms with E-state index >= 15 is 0 Å². The lowest BCUT2D eigenvalue weighted by atomic mass is 9.95. The molecule has 0 fully saturated rings. The number of unbranched alkanes of at least 4 members (excludes halogenated alkanes) is 15. The second kappa shape index (κ2) is 32.6. The van der Waals surface area contributed by atoms with Crippen LogP contribution in [0.5, 0.6) is 0 Å². The van der Waals surface area contributed by atoms with Crippen molar-refractivity contribution in [2.75, 3.05) is 46.1 Å². The summed E-state index contributed by atoms with van der Waals surface area (Å²) in [6.07, 6.45) is 27.9. The topological polar surface area (TPSA) is 59.0 Å². The van der Waals surface area contributed by atoms with Gasteiger partial charge in [0.2, 0.25) is 0 Å². The number of rotatable bonds is 33. The first-order chi connectivity index (χ1) is 18.8. The zero-order chi connectivity index (χ0) is 27.8. The van der Waals surface area contributed by atoms with Crippen LogP contribution in [0, 0.1) is 5.92 Å². The zero-order valence-electron chi connectivity index (χ0n) is 25.8. The highest BCUT2D eigenvalue weighted by Crippen LogP contribution is 2.19. The fourth-order valence-electron chi connectivity index (χ4n) is 5.23. The molecule has 0 bridgehead atoms. The summed E-state index contributed by atoms with van der Waals surface area (Å²) in [6.45, 7) is 11.3. The number of hydrogen-bond donors (Lipinski definition) is 1. The minimum Gasteiger partial charge on any atom is -0.468 e. The molecule has 0 amide bonds. The van der Waals surface area contributed by atoms with Crippen LogP contribution in [0.4, 0.5) is 0 Å². The van der Waals surface area contributed by atoms with Crippen molar-refractivity contribution in [1.29, 1.82) is 0 Å². The molecule has 0 aromatic carbocycles. The third kappa shape index (κ3) is 28.4. The highest BCUT2D eigenvalue weighted by atomic mass is 16.5. The molecule has 0 saturated carbocycles. The van der Waals surface area contributed by atoms with Gasteiger partial charge in [0.25, 0.3) is 6.47 Å². The maximum Gasteiger partial charge on any atom is 0.293 e. The van der Waals surface area contributed by atoms with Gasteiger partial charge in [-0.2, -0.15) is 0 Å². The van der Waals surface area contributed by atoms with Crippen molar-refractivity contribution >= 4 is 6.47 Å². The number of ether oxygens (including phenoxy) is 2. The van der Waals surface area contributed by atoms with Gasteiger partial charge in [0, 0.05) is 19.8 Å². The molecule has 1 N–H and O–H groups in total. The average molecular weight is 542 g/mol. The van der Waals surface area contributed by atoms with E-state index < -0.39 is 0 Å². The fourth-order valence-corrected chi connectivity index (χ4v) is 5.23. The Kier molecular flexibility index (Phi) is 32.0. The van der Waals surface area contributed by atoms with Crippen LogP contribution >= 0.6 is 0 Å². The summed E-state index contributed by atoms with van der Waals surface area (Å²) in [5.74, 6) is 0.767. The van der Waals surface area contributed by atoms with Gasteiger partial charge < -0.3 is 19.5 Å². The molecular formula is C33H67NO4. The van der Waals surface area contributed by atoms with Gasteiger partial charge in [-0.05, 0) is 76.9 Å². The Balaban J connectivity index is 3.98. The Morgan fingerprint density at radius 2 is 1.08 bits per heavy atom. The summed E-state index contributed by atoms with van der Waals surface area (Å²) in [6, 6.07) is 0. The van der Waals surface area contributed by atoms with E-state index in [2.05, 4.69) is 18.7 Å². The van der Waals surface area contributed by atoms with Crippen molar-refractivity contribution in [3.05, 3.63) is 0 Å². The second-order valence-corrected chi connectivity index (χ2v) is 11.4. The van der Waals surface area contributed by atoms with Gasteiger partial charge in [-0.1, -0.05) is 104 Å². The van der Waals surface area contributed by atoms with Crippen LogP contribution in [0.1, 0.15) is 155 Å². The number of carbonyl (C=O) groups excluding carboxylic acids is 1. The SMILES string of the molecule is CCCCCCCCC(CCCCCC)COCCCCCCN(CCCCO)CCCCCCOC=O. The molecule has 0 aliphatic rings.